The number of esters is 1. The molecule has 0 spiro atoms. The van der Waals surface area contributed by atoms with Crippen molar-refractivity contribution in [3.63, 3.8) is 0 Å². The van der Waals surface area contributed by atoms with Crippen LogP contribution in [-0.4, -0.2) is 42.8 Å². The summed E-state index contributed by atoms with van der Waals surface area (Å²) in [5.41, 5.74) is 0.272. The number of hydrogen-bond acceptors (Lipinski definition) is 5. The topological polar surface area (TPSA) is 54.0 Å². The van der Waals surface area contributed by atoms with Crippen LogP contribution in [0.1, 0.15) is 70.3 Å². The van der Waals surface area contributed by atoms with E-state index in [0.717, 1.165) is 12.0 Å². The van der Waals surface area contributed by atoms with Crippen molar-refractivity contribution in [1.29, 1.82) is 0 Å². The largest absolute Gasteiger partial charge is 0.496 e. The van der Waals surface area contributed by atoms with E-state index in [4.69, 9.17) is 42.0 Å². The molecule has 5 atom stereocenters. The molecule has 0 amide bonds. The molecular weight excluding hydrogens is 450 g/mol. The van der Waals surface area contributed by atoms with Gasteiger partial charge < -0.3 is 18.8 Å². The van der Waals surface area contributed by atoms with Gasteiger partial charge in [0.15, 0.2) is 0 Å². The second-order valence-electron chi connectivity index (χ2n) is 11.2. The number of carbonyl (C=O) groups is 1. The lowest BCUT2D eigenvalue weighted by atomic mass is 9.43. The number of halogens is 2. The summed E-state index contributed by atoms with van der Waals surface area (Å²) in [6, 6.07) is 3.51. The molecule has 2 bridgehead atoms. The van der Waals surface area contributed by atoms with Crippen LogP contribution in [-0.2, 0) is 20.5 Å². The van der Waals surface area contributed by atoms with Gasteiger partial charge in [0.2, 0.25) is 0 Å². The zero-order chi connectivity index (χ0) is 23.6. The Kier molecular flexibility index (Phi) is 6.10. The van der Waals surface area contributed by atoms with E-state index in [-0.39, 0.29) is 27.7 Å². The van der Waals surface area contributed by atoms with E-state index in [9.17, 15) is 4.79 Å². The van der Waals surface area contributed by atoms with Gasteiger partial charge in [0.05, 0.1) is 29.1 Å². The maximum atomic E-state index is 12.8. The third-order valence-electron chi connectivity index (χ3n) is 7.67. The Morgan fingerprint density at radius 3 is 2.56 bits per heavy atom. The van der Waals surface area contributed by atoms with E-state index in [1.165, 1.54) is 13.5 Å². The quantitative estimate of drug-likeness (QED) is 0.305. The Labute approximate surface area is 201 Å². The van der Waals surface area contributed by atoms with E-state index in [1.54, 1.807) is 6.07 Å². The van der Waals surface area contributed by atoms with Gasteiger partial charge in [-0.05, 0) is 75.8 Å². The highest BCUT2D eigenvalue weighted by atomic mass is 35.5. The minimum atomic E-state index is -0.651. The van der Waals surface area contributed by atoms with Gasteiger partial charge in [0.25, 0.3) is 0 Å². The van der Waals surface area contributed by atoms with Crippen molar-refractivity contribution in [1.82, 2.24) is 0 Å². The van der Waals surface area contributed by atoms with Crippen LogP contribution < -0.4 is 4.74 Å². The van der Waals surface area contributed by atoms with Crippen LogP contribution in [0.5, 0.6) is 5.75 Å². The van der Waals surface area contributed by atoms with Crippen molar-refractivity contribution in [2.24, 2.45) is 17.3 Å². The molecule has 0 N–H and O–H groups in total. The molecule has 5 nitrogen and oxygen atoms in total. The minimum Gasteiger partial charge on any atom is -0.496 e. The van der Waals surface area contributed by atoms with Crippen molar-refractivity contribution in [3.05, 3.63) is 28.3 Å². The van der Waals surface area contributed by atoms with Crippen molar-refractivity contribution in [2.45, 2.75) is 83.4 Å². The van der Waals surface area contributed by atoms with E-state index in [2.05, 4.69) is 20.8 Å². The molecule has 0 unspecified atom stereocenters. The first kappa shape index (κ1) is 24.2. The third-order valence-corrected chi connectivity index (χ3v) is 8.35. The SMILES string of the molecule is COc1c(C[C@@H](Cl)B2O[C@@H]3C[C@@H]4C[C@@H](C4(C)C)[C@]3(C)O2)ccc(Cl)c1C(=O)OC(C)(C)C. The Morgan fingerprint density at radius 2 is 1.97 bits per heavy atom. The summed E-state index contributed by atoms with van der Waals surface area (Å²) in [7, 11) is 0.993. The summed E-state index contributed by atoms with van der Waals surface area (Å²) in [6.45, 7) is 12.3. The lowest BCUT2D eigenvalue weighted by Gasteiger charge is -2.64. The Hall–Kier alpha value is -0.945. The van der Waals surface area contributed by atoms with Gasteiger partial charge >= 0.3 is 13.1 Å². The average molecular weight is 483 g/mol. The predicted octanol–water partition coefficient (Wildman–Crippen LogP) is 5.72. The molecule has 176 valence electrons. The van der Waals surface area contributed by atoms with Crippen molar-refractivity contribution >= 4 is 36.3 Å². The number of benzene rings is 1. The Morgan fingerprint density at radius 1 is 1.28 bits per heavy atom. The zero-order valence-electron chi connectivity index (χ0n) is 20.0. The Balaban J connectivity index is 1.54. The number of hydrogen-bond donors (Lipinski definition) is 0. The van der Waals surface area contributed by atoms with Crippen molar-refractivity contribution in [2.75, 3.05) is 7.11 Å². The number of carbonyl (C=O) groups excluding carboxylic acids is 1. The fourth-order valence-corrected chi connectivity index (χ4v) is 6.38. The van der Waals surface area contributed by atoms with Crippen LogP contribution in [0.25, 0.3) is 0 Å². The summed E-state index contributed by atoms with van der Waals surface area (Å²) >= 11 is 13.2. The highest BCUT2D eigenvalue weighted by Gasteiger charge is 2.68. The van der Waals surface area contributed by atoms with Crippen molar-refractivity contribution < 1.29 is 23.6 Å². The number of rotatable bonds is 5. The fourth-order valence-electron chi connectivity index (χ4n) is 5.87. The highest BCUT2D eigenvalue weighted by molar-refractivity contribution is 6.60. The predicted molar refractivity (Wildman–Crippen MR) is 127 cm³/mol. The van der Waals surface area contributed by atoms with Crippen LogP contribution in [0.4, 0.5) is 0 Å². The van der Waals surface area contributed by atoms with Gasteiger partial charge in [0, 0.05) is 0 Å². The molecule has 1 aliphatic heterocycles. The first-order chi connectivity index (χ1) is 14.8. The lowest BCUT2D eigenvalue weighted by Crippen LogP contribution is -2.65. The Bertz CT molecular complexity index is 914. The molecule has 8 heteroatoms. The van der Waals surface area contributed by atoms with Crippen LogP contribution in [0.3, 0.4) is 0 Å². The van der Waals surface area contributed by atoms with E-state index < -0.39 is 24.0 Å². The fraction of sp³-hybridized carbons (Fsp3) is 0.708. The number of methoxy groups -OCH3 is 1. The first-order valence-corrected chi connectivity index (χ1v) is 12.2. The van der Waals surface area contributed by atoms with Gasteiger partial charge in [-0.1, -0.05) is 31.5 Å². The second-order valence-corrected chi connectivity index (χ2v) is 12.1. The van der Waals surface area contributed by atoms with E-state index in [1.807, 2.05) is 26.8 Å². The summed E-state index contributed by atoms with van der Waals surface area (Å²) in [5, 5.41) is -0.167. The molecule has 1 heterocycles. The monoisotopic (exact) mass is 482 g/mol. The third kappa shape index (κ3) is 3.95. The minimum absolute atomic E-state index is 0.0648. The summed E-state index contributed by atoms with van der Waals surface area (Å²) in [4.78, 5) is 12.8. The molecular formula is C24H33BCl2O5. The first-order valence-electron chi connectivity index (χ1n) is 11.3. The molecule has 5 rings (SSSR count). The van der Waals surface area contributed by atoms with E-state index in [0.29, 0.717) is 24.0 Å². The normalized spacial score (nSPS) is 31.5. The summed E-state index contributed by atoms with van der Waals surface area (Å²) < 4.78 is 24.0. The summed E-state index contributed by atoms with van der Waals surface area (Å²) in [5.74, 6) is 0.995. The van der Waals surface area contributed by atoms with Crippen LogP contribution >= 0.6 is 23.2 Å². The van der Waals surface area contributed by atoms with Crippen LogP contribution in [0.2, 0.25) is 5.02 Å². The molecule has 3 saturated carbocycles. The number of alkyl halides is 1. The molecule has 1 saturated heterocycles. The van der Waals surface area contributed by atoms with Gasteiger partial charge in [-0.15, -0.1) is 11.6 Å². The summed E-state index contributed by atoms with van der Waals surface area (Å²) in [6.07, 6.45) is 2.67. The molecule has 4 aliphatic rings. The molecule has 0 radical (unpaired) electrons. The van der Waals surface area contributed by atoms with Crippen molar-refractivity contribution in [3.8, 4) is 5.75 Å². The molecule has 1 aromatic rings. The maximum Gasteiger partial charge on any atom is 0.477 e. The molecule has 1 aromatic carbocycles. The van der Waals surface area contributed by atoms with Gasteiger partial charge in [0.1, 0.15) is 16.9 Å². The van der Waals surface area contributed by atoms with Gasteiger partial charge in [-0.25, -0.2) is 4.79 Å². The smallest absolute Gasteiger partial charge is 0.477 e. The van der Waals surface area contributed by atoms with Crippen LogP contribution in [0, 0.1) is 17.3 Å². The molecule has 32 heavy (non-hydrogen) atoms. The van der Waals surface area contributed by atoms with Gasteiger partial charge in [-0.3, -0.25) is 0 Å². The second kappa shape index (κ2) is 8.07. The maximum absolute atomic E-state index is 12.8. The number of ether oxygens (including phenoxy) is 2. The molecule has 0 aromatic heterocycles. The van der Waals surface area contributed by atoms with Crippen LogP contribution in [0.15, 0.2) is 12.1 Å². The van der Waals surface area contributed by atoms with Gasteiger partial charge in [-0.2, -0.15) is 0 Å². The van der Waals surface area contributed by atoms with E-state index >= 15 is 0 Å². The molecule has 3 aliphatic carbocycles. The molecule has 4 fully saturated rings. The highest BCUT2D eigenvalue weighted by Crippen LogP contribution is 2.65. The lowest BCUT2D eigenvalue weighted by molar-refractivity contribution is -0.199. The average Bonchev–Trinajstić information content (AvgIpc) is 3.04. The zero-order valence-corrected chi connectivity index (χ0v) is 21.5. The standard InChI is InChI=1S/C24H33BCl2O5/c1-22(2,3)30-21(28)19-15(26)9-8-13(20(19)29-7)10-18(27)25-31-17-12-14-11-16(23(14,4)5)24(17,6)32-25/h8-9,14,16-18H,10-12H2,1-7H3/t14-,16-,17+,18+,24-/m0/s1.